The van der Waals surface area contributed by atoms with Crippen molar-refractivity contribution in [2.24, 2.45) is 11.7 Å². The van der Waals surface area contributed by atoms with E-state index >= 15 is 0 Å². The van der Waals surface area contributed by atoms with E-state index in [4.69, 9.17) is 5.73 Å². The fourth-order valence-corrected chi connectivity index (χ4v) is 4.00. The Balaban J connectivity index is 0.00000243. The van der Waals surface area contributed by atoms with Crippen molar-refractivity contribution in [3.63, 3.8) is 0 Å². The van der Waals surface area contributed by atoms with Crippen LogP contribution in [0.5, 0.6) is 0 Å². The van der Waals surface area contributed by atoms with Crippen LogP contribution in [-0.4, -0.2) is 47.3 Å². The van der Waals surface area contributed by atoms with Gasteiger partial charge in [-0.2, -0.15) is 0 Å². The first-order valence-electron chi connectivity index (χ1n) is 9.46. The highest BCUT2D eigenvalue weighted by Crippen LogP contribution is 2.29. The number of piperidine rings is 2. The van der Waals surface area contributed by atoms with Gasteiger partial charge in [0, 0.05) is 32.1 Å². The third-order valence-corrected chi connectivity index (χ3v) is 5.53. The molecule has 0 aromatic heterocycles. The maximum atomic E-state index is 13.4. The van der Waals surface area contributed by atoms with Crippen molar-refractivity contribution in [1.29, 1.82) is 0 Å². The van der Waals surface area contributed by atoms with Crippen molar-refractivity contribution in [3.05, 3.63) is 35.9 Å². The molecule has 0 spiro atoms. The maximum absolute atomic E-state index is 13.4. The zero-order valence-electron chi connectivity index (χ0n) is 15.5. The molecule has 3 unspecified atom stereocenters. The van der Waals surface area contributed by atoms with Gasteiger partial charge >= 0.3 is 0 Å². The van der Waals surface area contributed by atoms with Crippen LogP contribution in [0.2, 0.25) is 0 Å². The quantitative estimate of drug-likeness (QED) is 0.874. The highest BCUT2D eigenvalue weighted by atomic mass is 35.5. The fraction of sp³-hybridized carbons (Fsp3) is 0.600. The van der Waals surface area contributed by atoms with Crippen LogP contribution in [0.15, 0.2) is 30.3 Å². The molecule has 2 aliphatic rings. The minimum absolute atomic E-state index is 0. The maximum Gasteiger partial charge on any atom is 0.250 e. The Morgan fingerprint density at radius 1 is 1.15 bits per heavy atom. The first-order chi connectivity index (χ1) is 12.1. The minimum atomic E-state index is -0.499. The van der Waals surface area contributed by atoms with Gasteiger partial charge in [-0.3, -0.25) is 9.59 Å². The third kappa shape index (κ3) is 4.57. The van der Waals surface area contributed by atoms with Gasteiger partial charge in [0.1, 0.15) is 6.04 Å². The number of nitrogens with zero attached hydrogens (tertiary/aromatic N) is 2. The van der Waals surface area contributed by atoms with Crippen molar-refractivity contribution in [1.82, 2.24) is 9.80 Å². The molecule has 0 saturated carbocycles. The van der Waals surface area contributed by atoms with Gasteiger partial charge in [-0.1, -0.05) is 30.3 Å². The lowest BCUT2D eigenvalue weighted by molar-refractivity contribution is -0.149. The average Bonchev–Trinajstić information content (AvgIpc) is 2.64. The SMILES string of the molecule is CC(N)C1CCCN(C(=O)C(c2ccccc2)N2CCCCC2=O)C1.Cl. The standard InChI is InChI=1S/C20H29N3O2.ClH/c1-15(21)17-10-7-12-22(14-17)20(25)19(16-8-3-2-4-9-16)23-13-6-5-11-18(23)24;/h2-4,8-9,15,17,19H,5-7,10-14,21H2,1H3;1H. The topological polar surface area (TPSA) is 66.6 Å². The fourth-order valence-electron chi connectivity index (χ4n) is 4.00. The summed E-state index contributed by atoms with van der Waals surface area (Å²) in [5.74, 6) is 0.479. The van der Waals surface area contributed by atoms with E-state index in [0.717, 1.165) is 37.8 Å². The summed E-state index contributed by atoms with van der Waals surface area (Å²) in [7, 11) is 0. The lowest BCUT2D eigenvalue weighted by Gasteiger charge is -2.40. The minimum Gasteiger partial charge on any atom is -0.340 e. The Labute approximate surface area is 162 Å². The number of nitrogens with two attached hydrogens (primary N) is 1. The monoisotopic (exact) mass is 379 g/mol. The van der Waals surface area contributed by atoms with Gasteiger partial charge in [0.2, 0.25) is 11.8 Å². The van der Waals surface area contributed by atoms with Crippen LogP contribution in [0.25, 0.3) is 0 Å². The number of amides is 2. The second kappa shape index (κ2) is 9.38. The molecule has 144 valence electrons. The molecule has 0 bridgehead atoms. The average molecular weight is 380 g/mol. The summed E-state index contributed by atoms with van der Waals surface area (Å²) in [4.78, 5) is 29.6. The van der Waals surface area contributed by atoms with Crippen LogP contribution >= 0.6 is 12.4 Å². The summed E-state index contributed by atoms with van der Waals surface area (Å²) >= 11 is 0. The summed E-state index contributed by atoms with van der Waals surface area (Å²) in [6.07, 6.45) is 4.47. The predicted molar refractivity (Wildman–Crippen MR) is 105 cm³/mol. The van der Waals surface area contributed by atoms with Crippen LogP contribution in [0.4, 0.5) is 0 Å². The molecule has 3 atom stereocenters. The lowest BCUT2D eigenvalue weighted by atomic mass is 9.91. The van der Waals surface area contributed by atoms with Gasteiger partial charge < -0.3 is 15.5 Å². The van der Waals surface area contributed by atoms with Crippen molar-refractivity contribution in [2.45, 2.75) is 51.1 Å². The van der Waals surface area contributed by atoms with Gasteiger partial charge in [0.05, 0.1) is 0 Å². The van der Waals surface area contributed by atoms with Gasteiger partial charge in [-0.25, -0.2) is 0 Å². The molecule has 2 amide bonds. The highest BCUT2D eigenvalue weighted by Gasteiger charge is 2.37. The van der Waals surface area contributed by atoms with Crippen LogP contribution in [0.1, 0.15) is 50.6 Å². The van der Waals surface area contributed by atoms with E-state index in [9.17, 15) is 9.59 Å². The number of carbonyl (C=O) groups is 2. The van der Waals surface area contributed by atoms with E-state index in [-0.39, 0.29) is 30.3 Å². The van der Waals surface area contributed by atoms with Crippen molar-refractivity contribution < 1.29 is 9.59 Å². The normalized spacial score (nSPS) is 23.2. The summed E-state index contributed by atoms with van der Waals surface area (Å²) in [5.41, 5.74) is 6.99. The number of benzene rings is 1. The summed E-state index contributed by atoms with van der Waals surface area (Å²) in [6.45, 7) is 4.13. The first-order valence-corrected chi connectivity index (χ1v) is 9.46. The van der Waals surface area contributed by atoms with Crippen molar-refractivity contribution in [3.8, 4) is 0 Å². The number of hydrogen-bond donors (Lipinski definition) is 1. The van der Waals surface area contributed by atoms with Gasteiger partial charge in [-0.15, -0.1) is 12.4 Å². The van der Waals surface area contributed by atoms with Crippen LogP contribution in [0.3, 0.4) is 0 Å². The molecule has 2 aliphatic heterocycles. The number of likely N-dealkylation sites (tertiary alicyclic amines) is 2. The molecular formula is C20H30ClN3O2. The summed E-state index contributed by atoms with van der Waals surface area (Å²) < 4.78 is 0. The molecule has 0 radical (unpaired) electrons. The van der Waals surface area contributed by atoms with Gasteiger partial charge in [0.15, 0.2) is 0 Å². The Kier molecular flexibility index (Phi) is 7.47. The predicted octanol–water partition coefficient (Wildman–Crippen LogP) is 2.75. The second-order valence-corrected chi connectivity index (χ2v) is 7.40. The zero-order chi connectivity index (χ0) is 17.8. The number of hydrogen-bond acceptors (Lipinski definition) is 3. The molecule has 1 aromatic rings. The van der Waals surface area contributed by atoms with Crippen LogP contribution < -0.4 is 5.73 Å². The molecule has 2 N–H and O–H groups in total. The molecule has 2 heterocycles. The first kappa shape index (κ1) is 20.7. The zero-order valence-corrected chi connectivity index (χ0v) is 16.3. The Morgan fingerprint density at radius 3 is 2.54 bits per heavy atom. The van der Waals surface area contributed by atoms with E-state index in [1.54, 1.807) is 4.90 Å². The smallest absolute Gasteiger partial charge is 0.250 e. The number of rotatable bonds is 4. The molecule has 3 rings (SSSR count). The van der Waals surface area contributed by atoms with Crippen molar-refractivity contribution >= 4 is 24.2 Å². The Morgan fingerprint density at radius 2 is 1.88 bits per heavy atom. The molecule has 0 aliphatic carbocycles. The number of carbonyl (C=O) groups excluding carboxylic acids is 2. The lowest BCUT2D eigenvalue weighted by Crippen LogP contribution is -2.51. The van der Waals surface area contributed by atoms with E-state index in [2.05, 4.69) is 0 Å². The van der Waals surface area contributed by atoms with E-state index in [0.29, 0.717) is 25.4 Å². The second-order valence-electron chi connectivity index (χ2n) is 7.40. The Bertz CT molecular complexity index is 608. The molecule has 2 fully saturated rings. The van der Waals surface area contributed by atoms with Gasteiger partial charge in [-0.05, 0) is 44.1 Å². The summed E-state index contributed by atoms with van der Waals surface area (Å²) in [5, 5.41) is 0. The summed E-state index contributed by atoms with van der Waals surface area (Å²) in [6, 6.07) is 9.31. The van der Waals surface area contributed by atoms with E-state index in [1.807, 2.05) is 42.2 Å². The van der Waals surface area contributed by atoms with Crippen LogP contribution in [0, 0.1) is 5.92 Å². The van der Waals surface area contributed by atoms with Crippen molar-refractivity contribution in [2.75, 3.05) is 19.6 Å². The Hall–Kier alpha value is -1.59. The molecule has 6 heteroatoms. The highest BCUT2D eigenvalue weighted by molar-refractivity contribution is 5.89. The molecule has 2 saturated heterocycles. The number of halogens is 1. The van der Waals surface area contributed by atoms with Crippen LogP contribution in [-0.2, 0) is 9.59 Å². The van der Waals surface area contributed by atoms with E-state index < -0.39 is 6.04 Å². The third-order valence-electron chi connectivity index (χ3n) is 5.53. The molecule has 26 heavy (non-hydrogen) atoms. The largest absolute Gasteiger partial charge is 0.340 e. The van der Waals surface area contributed by atoms with Gasteiger partial charge in [0.25, 0.3) is 0 Å². The van der Waals surface area contributed by atoms with E-state index in [1.165, 1.54) is 0 Å². The molecule has 5 nitrogen and oxygen atoms in total. The molecule has 1 aromatic carbocycles. The molecular weight excluding hydrogens is 350 g/mol.